The van der Waals surface area contributed by atoms with Gasteiger partial charge in [-0.1, -0.05) is 0 Å². The third-order valence-corrected chi connectivity index (χ3v) is 0.768. The number of carbonyl (C=O) groups excluding carboxylic acids is 2. The smallest absolute Gasteiger partial charge is 0.318 e. The summed E-state index contributed by atoms with van der Waals surface area (Å²) >= 11 is 0. The van der Waals surface area contributed by atoms with E-state index in [0.29, 0.717) is 0 Å². The van der Waals surface area contributed by atoms with Crippen LogP contribution in [0.25, 0.3) is 0 Å². The summed E-state index contributed by atoms with van der Waals surface area (Å²) in [5.74, 6) is -0.502. The van der Waals surface area contributed by atoms with E-state index in [9.17, 15) is 9.59 Å². The van der Waals surface area contributed by atoms with Crippen molar-refractivity contribution < 1.29 is 49.9 Å². The second kappa shape index (κ2) is 5.05. The van der Waals surface area contributed by atoms with Crippen LogP contribution in [0.15, 0.2) is 0 Å². The molecule has 10 heavy (non-hydrogen) atoms. The first kappa shape index (κ1) is 13.0. The van der Waals surface area contributed by atoms with Gasteiger partial charge in [0.05, 0.1) is 5.41 Å². The fourth-order valence-electron chi connectivity index (χ4n) is 0.220. The summed E-state index contributed by atoms with van der Waals surface area (Å²) in [6, 6.07) is 0. The normalized spacial score (nSPS) is 9.50. The molecule has 0 bridgehead atoms. The molecule has 4 heteroatoms. The molecule has 0 amide bonds. The van der Waals surface area contributed by atoms with Crippen molar-refractivity contribution in [1.29, 1.82) is 0 Å². The maximum Gasteiger partial charge on any atom is 0.318 e. The van der Waals surface area contributed by atoms with Crippen molar-refractivity contribution in [3.05, 3.63) is 0 Å². The number of esters is 1. The van der Waals surface area contributed by atoms with Crippen molar-refractivity contribution in [2.24, 2.45) is 5.41 Å². The molecule has 0 spiro atoms. The maximum absolute atomic E-state index is 10.6. The molecule has 0 atom stereocenters. The standard InChI is InChI=1S/C6H10O3.La/c1-6(2,3)5(8)9-4-7;/h4H,1-3H3;. The molecular formula is C6H10LaO3. The van der Waals surface area contributed by atoms with Crippen LogP contribution in [-0.4, -0.2) is 12.4 Å². The first-order chi connectivity index (χ1) is 3.98. The summed E-state index contributed by atoms with van der Waals surface area (Å²) in [5, 5.41) is 0. The van der Waals surface area contributed by atoms with Crippen LogP contribution in [0.4, 0.5) is 0 Å². The van der Waals surface area contributed by atoms with Crippen LogP contribution in [-0.2, 0) is 14.3 Å². The molecule has 0 aromatic carbocycles. The minimum atomic E-state index is -0.582. The number of hydrogen-bond acceptors (Lipinski definition) is 3. The average molecular weight is 269 g/mol. The molecule has 0 saturated carbocycles. The molecule has 1 radical (unpaired) electrons. The van der Waals surface area contributed by atoms with E-state index in [0.717, 1.165) is 0 Å². The van der Waals surface area contributed by atoms with Crippen molar-refractivity contribution >= 4 is 12.4 Å². The molecular weight excluding hydrogens is 259 g/mol. The van der Waals surface area contributed by atoms with Gasteiger partial charge in [0.1, 0.15) is 0 Å². The van der Waals surface area contributed by atoms with Crippen LogP contribution in [0.5, 0.6) is 0 Å². The van der Waals surface area contributed by atoms with E-state index in [1.165, 1.54) is 0 Å². The van der Waals surface area contributed by atoms with Crippen LogP contribution < -0.4 is 0 Å². The van der Waals surface area contributed by atoms with Crippen molar-refractivity contribution in [2.75, 3.05) is 0 Å². The summed E-state index contributed by atoms with van der Waals surface area (Å²) in [7, 11) is 0. The predicted molar refractivity (Wildman–Crippen MR) is 31.6 cm³/mol. The first-order valence-corrected chi connectivity index (χ1v) is 2.63. The van der Waals surface area contributed by atoms with Crippen molar-refractivity contribution in [3.63, 3.8) is 0 Å². The Bertz CT molecular complexity index is 125. The van der Waals surface area contributed by atoms with Crippen molar-refractivity contribution in [2.45, 2.75) is 20.8 Å². The van der Waals surface area contributed by atoms with E-state index in [4.69, 9.17) is 0 Å². The van der Waals surface area contributed by atoms with Crippen LogP contribution in [0.3, 0.4) is 0 Å². The monoisotopic (exact) mass is 269 g/mol. The Labute approximate surface area is 88.1 Å². The Morgan fingerprint density at radius 1 is 1.40 bits per heavy atom. The van der Waals surface area contributed by atoms with Crippen molar-refractivity contribution in [1.82, 2.24) is 0 Å². The molecule has 0 saturated heterocycles. The molecule has 3 nitrogen and oxygen atoms in total. The van der Waals surface area contributed by atoms with Gasteiger partial charge in [0.25, 0.3) is 0 Å². The summed E-state index contributed by atoms with van der Waals surface area (Å²) in [4.78, 5) is 20.2. The van der Waals surface area contributed by atoms with E-state index in [2.05, 4.69) is 4.74 Å². The summed E-state index contributed by atoms with van der Waals surface area (Å²) in [6.07, 6.45) is 0. The van der Waals surface area contributed by atoms with Gasteiger partial charge in [0, 0.05) is 35.6 Å². The Hall–Kier alpha value is 0.335. The molecule has 0 aliphatic carbocycles. The number of ether oxygens (including phenoxy) is 1. The summed E-state index contributed by atoms with van der Waals surface area (Å²) < 4.78 is 4.09. The van der Waals surface area contributed by atoms with Gasteiger partial charge in [0.15, 0.2) is 0 Å². The topological polar surface area (TPSA) is 43.4 Å². The molecule has 0 unspecified atom stereocenters. The van der Waals surface area contributed by atoms with Crippen LogP contribution in [0, 0.1) is 41.0 Å². The molecule has 0 aromatic heterocycles. The second-order valence-corrected chi connectivity index (χ2v) is 2.75. The number of rotatable bonds is 1. The van der Waals surface area contributed by atoms with Gasteiger partial charge in [-0.3, -0.25) is 9.59 Å². The third kappa shape index (κ3) is 5.15. The molecule has 0 aliphatic rings. The molecule has 0 heterocycles. The largest absolute Gasteiger partial charge is 0.395 e. The zero-order valence-corrected chi connectivity index (χ0v) is 10.0. The van der Waals surface area contributed by atoms with Crippen LogP contribution in [0.1, 0.15) is 20.8 Å². The van der Waals surface area contributed by atoms with E-state index in [1.807, 2.05) is 0 Å². The van der Waals surface area contributed by atoms with Gasteiger partial charge in [-0.2, -0.15) is 0 Å². The molecule has 0 N–H and O–H groups in total. The Kier molecular flexibility index (Phi) is 6.54. The minimum Gasteiger partial charge on any atom is -0.395 e. The van der Waals surface area contributed by atoms with Gasteiger partial charge in [0.2, 0.25) is 0 Å². The quantitative estimate of drug-likeness (QED) is 0.400. The summed E-state index contributed by atoms with van der Waals surface area (Å²) in [5.41, 5.74) is -0.582. The Morgan fingerprint density at radius 2 is 1.80 bits per heavy atom. The molecule has 55 valence electrons. The Morgan fingerprint density at radius 3 is 1.90 bits per heavy atom. The van der Waals surface area contributed by atoms with Gasteiger partial charge in [-0.15, -0.1) is 0 Å². The van der Waals surface area contributed by atoms with E-state index < -0.39 is 11.4 Å². The van der Waals surface area contributed by atoms with Crippen molar-refractivity contribution in [3.8, 4) is 0 Å². The average Bonchev–Trinajstić information content (AvgIpc) is 1.64. The van der Waals surface area contributed by atoms with Crippen LogP contribution in [0.2, 0.25) is 0 Å². The number of hydrogen-bond donors (Lipinski definition) is 0. The van der Waals surface area contributed by atoms with E-state index >= 15 is 0 Å². The maximum atomic E-state index is 10.6. The predicted octanol–water partition coefficient (Wildman–Crippen LogP) is 0.732. The molecule has 0 fully saturated rings. The Balaban J connectivity index is 0. The SMILES string of the molecule is CC(C)(C)C(=O)OC=O.[La]. The summed E-state index contributed by atoms with van der Waals surface area (Å²) in [6.45, 7) is 5.18. The second-order valence-electron chi connectivity index (χ2n) is 2.75. The molecule has 0 aliphatic heterocycles. The third-order valence-electron chi connectivity index (χ3n) is 0.768. The zero-order valence-electron chi connectivity index (χ0n) is 6.38. The molecule has 0 rings (SSSR count). The van der Waals surface area contributed by atoms with Gasteiger partial charge < -0.3 is 4.74 Å². The fourth-order valence-corrected chi connectivity index (χ4v) is 0.220. The van der Waals surface area contributed by atoms with Gasteiger partial charge in [-0.05, 0) is 20.8 Å². The molecule has 0 aromatic rings. The fraction of sp³-hybridized carbons (Fsp3) is 0.667. The van der Waals surface area contributed by atoms with Crippen LogP contribution >= 0.6 is 0 Å². The van der Waals surface area contributed by atoms with Gasteiger partial charge >= 0.3 is 12.4 Å². The van der Waals surface area contributed by atoms with E-state index in [-0.39, 0.29) is 42.1 Å². The number of carbonyl (C=O) groups is 2. The van der Waals surface area contributed by atoms with E-state index in [1.54, 1.807) is 20.8 Å². The first-order valence-electron chi connectivity index (χ1n) is 2.63. The van der Waals surface area contributed by atoms with Gasteiger partial charge in [-0.25, -0.2) is 0 Å². The minimum absolute atomic E-state index is 0. The zero-order chi connectivity index (χ0) is 7.49.